The molecule has 7 heterocycles. The molecule has 1 aliphatic carbocycles. The fraction of sp³-hybridized carbons (Fsp3) is 0.500. The predicted molar refractivity (Wildman–Crippen MR) is 202 cm³/mol. The Kier molecular flexibility index (Phi) is 7.34. The molecular weight excluding hydrogens is 726 g/mol. The topological polar surface area (TPSA) is 92.0 Å². The van der Waals surface area contributed by atoms with Crippen LogP contribution in [0.2, 0.25) is 0 Å². The lowest BCUT2D eigenvalue weighted by Crippen LogP contribution is -2.56. The number of phenolic OH excluding ortho intramolecular Hbond substituents is 1. The zero-order valence-electron chi connectivity index (χ0n) is 31.0. The molecule has 3 aromatic carbocycles. The second-order valence-corrected chi connectivity index (χ2v) is 17.2. The standard InChI is InChI=1S/C42H41F4N7O3/c1-3-28-31(43)8-5-24-11-27(54)12-29(32(24)28)33-35(44)37-34(30-16-50(2)49-36(30)33)38(51-14-25-6-7-26(15-51)53(25)13-23-17-55-18-23)48-39(47-37)56-22-41-9-4-10-52(41)21-40(19-41)20-42(40,45)46/h1,5,8,11-12,16,23,25-26,54H,4,6-7,9-10,13-15,17-22H2,2H3/t25-,26+,40-,41-/m0/s1. The van der Waals surface area contributed by atoms with Gasteiger partial charge in [-0.2, -0.15) is 15.1 Å². The van der Waals surface area contributed by atoms with Crippen LogP contribution in [0.3, 0.4) is 0 Å². The van der Waals surface area contributed by atoms with Crippen LogP contribution in [0.15, 0.2) is 30.5 Å². The molecule has 1 saturated carbocycles. The van der Waals surface area contributed by atoms with E-state index in [1.807, 2.05) is 0 Å². The zero-order chi connectivity index (χ0) is 38.3. The highest BCUT2D eigenvalue weighted by atomic mass is 19.3. The number of aryl methyl sites for hydroxylation is 1. The molecule has 14 heteroatoms. The lowest BCUT2D eigenvalue weighted by Gasteiger charge is -2.44. The van der Waals surface area contributed by atoms with Gasteiger partial charge in [-0.1, -0.05) is 12.0 Å². The van der Waals surface area contributed by atoms with Gasteiger partial charge in [0.25, 0.3) is 5.92 Å². The summed E-state index contributed by atoms with van der Waals surface area (Å²) in [6, 6.07) is 6.07. The highest BCUT2D eigenvalue weighted by molar-refractivity contribution is 6.18. The van der Waals surface area contributed by atoms with Gasteiger partial charge < -0.3 is 19.5 Å². The third kappa shape index (κ3) is 4.96. The first kappa shape index (κ1) is 34.5. The van der Waals surface area contributed by atoms with Gasteiger partial charge >= 0.3 is 6.01 Å². The van der Waals surface area contributed by atoms with Gasteiger partial charge in [0.1, 0.15) is 35.0 Å². The van der Waals surface area contributed by atoms with E-state index in [1.165, 1.54) is 24.3 Å². The van der Waals surface area contributed by atoms with Crippen LogP contribution in [-0.2, 0) is 11.8 Å². The normalized spacial score (nSPS) is 28.5. The van der Waals surface area contributed by atoms with Crippen molar-refractivity contribution in [1.29, 1.82) is 0 Å². The molecule has 5 aliphatic heterocycles. The molecule has 290 valence electrons. The molecule has 5 aromatic rings. The lowest BCUT2D eigenvalue weighted by molar-refractivity contribution is -0.0538. The number of alkyl halides is 2. The highest BCUT2D eigenvalue weighted by Crippen LogP contribution is 2.69. The molecule has 4 atom stereocenters. The van der Waals surface area contributed by atoms with Crippen LogP contribution >= 0.6 is 0 Å². The van der Waals surface area contributed by atoms with E-state index >= 15 is 8.78 Å². The number of anilines is 1. The average Bonchev–Trinajstić information content (AvgIpc) is 3.60. The van der Waals surface area contributed by atoms with Gasteiger partial charge in [0.2, 0.25) is 0 Å². The summed E-state index contributed by atoms with van der Waals surface area (Å²) in [4.78, 5) is 16.8. The van der Waals surface area contributed by atoms with Crippen molar-refractivity contribution in [2.45, 2.75) is 62.1 Å². The summed E-state index contributed by atoms with van der Waals surface area (Å²) in [5, 5.41) is 17.4. The molecule has 6 fully saturated rings. The van der Waals surface area contributed by atoms with Gasteiger partial charge in [-0.15, -0.1) is 6.42 Å². The van der Waals surface area contributed by atoms with Crippen LogP contribution < -0.4 is 9.64 Å². The monoisotopic (exact) mass is 767 g/mol. The first-order chi connectivity index (χ1) is 27.0. The van der Waals surface area contributed by atoms with Crippen LogP contribution in [0.4, 0.5) is 23.4 Å². The molecule has 5 saturated heterocycles. The maximum atomic E-state index is 17.8. The lowest BCUT2D eigenvalue weighted by atomic mass is 9.89. The summed E-state index contributed by atoms with van der Waals surface area (Å²) >= 11 is 0. The van der Waals surface area contributed by atoms with Crippen molar-refractivity contribution in [3.05, 3.63) is 47.7 Å². The maximum Gasteiger partial charge on any atom is 0.319 e. The van der Waals surface area contributed by atoms with Crippen molar-refractivity contribution in [3.63, 3.8) is 0 Å². The van der Waals surface area contributed by atoms with E-state index in [1.54, 1.807) is 17.9 Å². The molecular formula is C42H41F4N7O3. The quantitative estimate of drug-likeness (QED) is 0.153. The minimum Gasteiger partial charge on any atom is -0.508 e. The molecule has 0 amide bonds. The van der Waals surface area contributed by atoms with Gasteiger partial charge in [-0.25, -0.2) is 17.6 Å². The van der Waals surface area contributed by atoms with Crippen LogP contribution in [0.25, 0.3) is 43.7 Å². The fourth-order valence-corrected chi connectivity index (χ4v) is 11.0. The van der Waals surface area contributed by atoms with E-state index in [0.717, 1.165) is 52.0 Å². The number of halogens is 4. The Bertz CT molecular complexity index is 2520. The summed E-state index contributed by atoms with van der Waals surface area (Å²) < 4.78 is 76.1. The largest absolute Gasteiger partial charge is 0.508 e. The molecule has 0 radical (unpaired) electrons. The predicted octanol–water partition coefficient (Wildman–Crippen LogP) is 6.24. The van der Waals surface area contributed by atoms with E-state index in [-0.39, 0.29) is 70.0 Å². The van der Waals surface area contributed by atoms with E-state index in [0.29, 0.717) is 53.9 Å². The Morgan fingerprint density at radius 2 is 1.84 bits per heavy atom. The Morgan fingerprint density at radius 3 is 2.55 bits per heavy atom. The first-order valence-corrected chi connectivity index (χ1v) is 19.6. The molecule has 56 heavy (non-hydrogen) atoms. The number of phenols is 1. The zero-order valence-corrected chi connectivity index (χ0v) is 31.0. The summed E-state index contributed by atoms with van der Waals surface area (Å²) in [7, 11) is 1.74. The molecule has 6 aliphatic rings. The number of aromatic nitrogens is 4. The van der Waals surface area contributed by atoms with Gasteiger partial charge in [-0.05, 0) is 67.8 Å². The number of benzene rings is 3. The second-order valence-electron chi connectivity index (χ2n) is 17.2. The maximum absolute atomic E-state index is 17.8. The van der Waals surface area contributed by atoms with Crippen LogP contribution in [-0.4, -0.2) is 111 Å². The van der Waals surface area contributed by atoms with Gasteiger partial charge in [0, 0.05) is 80.2 Å². The average molecular weight is 768 g/mol. The number of aromatic hydroxyl groups is 1. The van der Waals surface area contributed by atoms with Crippen molar-refractivity contribution < 1.29 is 32.1 Å². The van der Waals surface area contributed by atoms with Crippen LogP contribution in [0.5, 0.6) is 11.8 Å². The molecule has 1 N–H and O–H groups in total. The smallest absolute Gasteiger partial charge is 0.319 e. The third-order valence-corrected chi connectivity index (χ3v) is 13.8. The summed E-state index contributed by atoms with van der Waals surface area (Å²) in [5.41, 5.74) is -1.23. The number of ether oxygens (including phenoxy) is 2. The van der Waals surface area contributed by atoms with Gasteiger partial charge in [0.05, 0.1) is 35.1 Å². The molecule has 0 unspecified atom stereocenters. The summed E-state index contributed by atoms with van der Waals surface area (Å²) in [6.45, 7) is 5.02. The van der Waals surface area contributed by atoms with Crippen LogP contribution in [0.1, 0.15) is 44.1 Å². The Hall–Kier alpha value is -4.71. The van der Waals surface area contributed by atoms with Crippen molar-refractivity contribution in [1.82, 2.24) is 29.5 Å². The number of hydrogen-bond acceptors (Lipinski definition) is 9. The van der Waals surface area contributed by atoms with E-state index in [4.69, 9.17) is 31.0 Å². The van der Waals surface area contributed by atoms with Crippen molar-refractivity contribution in [2.24, 2.45) is 18.4 Å². The number of terminal acetylenes is 1. The van der Waals surface area contributed by atoms with Gasteiger partial charge in [-0.3, -0.25) is 14.5 Å². The molecule has 10 nitrogen and oxygen atoms in total. The van der Waals surface area contributed by atoms with Crippen molar-refractivity contribution in [2.75, 3.05) is 57.4 Å². The number of fused-ring (bicyclic) bond motifs is 7. The molecule has 1 spiro atoms. The minimum atomic E-state index is -2.68. The highest BCUT2D eigenvalue weighted by Gasteiger charge is 2.77. The minimum absolute atomic E-state index is 0.00793. The molecule has 2 bridgehead atoms. The molecule has 2 aromatic heterocycles. The van der Waals surface area contributed by atoms with Crippen LogP contribution in [0, 0.1) is 35.3 Å². The van der Waals surface area contributed by atoms with Crippen molar-refractivity contribution >= 4 is 38.4 Å². The Labute approximate surface area is 320 Å². The summed E-state index contributed by atoms with van der Waals surface area (Å²) in [6.07, 6.45) is 11.5. The number of rotatable bonds is 7. The second kappa shape index (κ2) is 11.9. The Morgan fingerprint density at radius 1 is 1.05 bits per heavy atom. The first-order valence-electron chi connectivity index (χ1n) is 19.6. The number of nitrogens with zero attached hydrogens (tertiary/aromatic N) is 7. The SMILES string of the molecule is C#Cc1c(F)ccc2cc(O)cc(-c3c(F)c4nc(OC[C@@]56CCCN5C[C@@]5(CC5(F)F)C6)nc(N5C[C@H]6CC[C@@H](C5)N6CC5COC5)c4c4cn(C)nc34)c12. The Balaban J connectivity index is 1.09. The fourth-order valence-electron chi connectivity index (χ4n) is 11.0. The number of hydrogen-bond donors (Lipinski definition) is 1. The number of piperazine rings is 1. The summed E-state index contributed by atoms with van der Waals surface area (Å²) in [5.74, 6) is -0.768. The van der Waals surface area contributed by atoms with E-state index < -0.39 is 28.5 Å². The van der Waals surface area contributed by atoms with Crippen molar-refractivity contribution in [3.8, 4) is 35.2 Å². The van der Waals surface area contributed by atoms with Gasteiger partial charge in [0.15, 0.2) is 5.82 Å². The third-order valence-electron chi connectivity index (χ3n) is 13.8. The van der Waals surface area contributed by atoms with E-state index in [9.17, 15) is 13.9 Å². The molecule has 11 rings (SSSR count). The van der Waals surface area contributed by atoms with E-state index in [2.05, 4.69) is 20.6 Å².